The lowest BCUT2D eigenvalue weighted by Crippen LogP contribution is -1.86. The van der Waals surface area contributed by atoms with Crippen LogP contribution < -0.4 is 0 Å². The number of halogens is 1. The van der Waals surface area contributed by atoms with Gasteiger partial charge in [0.05, 0.1) is 5.69 Å². The van der Waals surface area contributed by atoms with Crippen molar-refractivity contribution in [1.29, 1.82) is 0 Å². The maximum atomic E-state index is 9.42. The van der Waals surface area contributed by atoms with Crippen LogP contribution in [0.5, 0.6) is 5.75 Å². The van der Waals surface area contributed by atoms with E-state index in [2.05, 4.69) is 4.98 Å². The molecule has 84 valence electrons. The zero-order chi connectivity index (χ0) is 10.8. The molecule has 0 aliphatic heterocycles. The number of aromatic hydroxyl groups is 1. The fourth-order valence-corrected chi connectivity index (χ4v) is 1.52. The number of phenolic OH excluding ortho intramolecular Hbond substituents is 1. The van der Waals surface area contributed by atoms with Gasteiger partial charge in [0.2, 0.25) is 0 Å². The summed E-state index contributed by atoms with van der Waals surface area (Å²) >= 11 is 0. The number of rotatable bonds is 1. The Hall–Kier alpha value is -1.35. The normalized spacial score (nSPS) is 9.62. The minimum atomic E-state index is 0. The number of phenols is 1. The van der Waals surface area contributed by atoms with Gasteiger partial charge in [-0.2, -0.15) is 0 Å². The number of aromatic nitrogens is 1. The number of benzene rings is 1. The summed E-state index contributed by atoms with van der Waals surface area (Å²) < 4.78 is 0. The zero-order valence-electron chi connectivity index (χ0n) is 9.27. The third-order valence-electron chi connectivity index (χ3n) is 2.38. The summed E-state index contributed by atoms with van der Waals surface area (Å²) in [5.74, 6) is 0.325. The molecule has 16 heavy (non-hydrogen) atoms. The van der Waals surface area contributed by atoms with Gasteiger partial charge in [0.15, 0.2) is 0 Å². The van der Waals surface area contributed by atoms with Crippen LogP contribution in [0.2, 0.25) is 0 Å². The van der Waals surface area contributed by atoms with Crippen molar-refractivity contribution in [1.82, 2.24) is 4.98 Å². The molecule has 1 aromatic carbocycles. The van der Waals surface area contributed by atoms with Gasteiger partial charge in [0.25, 0.3) is 0 Å². The fraction of sp³-hybridized carbons (Fsp3) is 0.154. The Morgan fingerprint density at radius 1 is 1.06 bits per heavy atom. The molecule has 0 aliphatic carbocycles. The van der Waals surface area contributed by atoms with Crippen LogP contribution in [-0.4, -0.2) is 10.1 Å². The summed E-state index contributed by atoms with van der Waals surface area (Å²) in [5.41, 5.74) is 3.85. The van der Waals surface area contributed by atoms with Crippen LogP contribution in [0.25, 0.3) is 11.3 Å². The minimum Gasteiger partial charge on any atom is -0.508 e. The molecule has 0 saturated heterocycles. The van der Waals surface area contributed by atoms with Crippen molar-refractivity contribution in [3.63, 3.8) is 0 Å². The average molecular weight is 280 g/mol. The molecule has 2 rings (SSSR count). The van der Waals surface area contributed by atoms with Gasteiger partial charge in [-0.3, -0.25) is 4.98 Å². The first-order chi connectivity index (χ1) is 7.16. The molecule has 0 spiro atoms. The second-order valence-corrected chi connectivity index (χ2v) is 3.67. The highest BCUT2D eigenvalue weighted by Crippen LogP contribution is 2.23. The van der Waals surface area contributed by atoms with Crippen LogP contribution in [0.15, 0.2) is 36.4 Å². The molecule has 0 unspecified atom stereocenters. The lowest BCUT2D eigenvalue weighted by atomic mass is 10.1. The van der Waals surface area contributed by atoms with Gasteiger partial charge in [-0.15, -0.1) is 17.0 Å². The van der Waals surface area contributed by atoms with E-state index in [9.17, 15) is 5.11 Å². The first-order valence-corrected chi connectivity index (χ1v) is 4.90. The Morgan fingerprint density at radius 3 is 2.44 bits per heavy atom. The SMILES string of the molecule is Br.Cc1cccc(-c2ccc(O)c(C)c2)n1. The van der Waals surface area contributed by atoms with Crippen molar-refractivity contribution in [2.75, 3.05) is 0 Å². The van der Waals surface area contributed by atoms with Crippen LogP contribution in [0.3, 0.4) is 0 Å². The van der Waals surface area contributed by atoms with Crippen molar-refractivity contribution in [3.05, 3.63) is 47.7 Å². The van der Waals surface area contributed by atoms with Gasteiger partial charge in [0.1, 0.15) is 5.75 Å². The molecule has 0 fully saturated rings. The molecule has 2 aromatic rings. The van der Waals surface area contributed by atoms with E-state index in [0.29, 0.717) is 5.75 Å². The molecule has 0 atom stereocenters. The smallest absolute Gasteiger partial charge is 0.118 e. The molecule has 1 aromatic heterocycles. The van der Waals surface area contributed by atoms with E-state index < -0.39 is 0 Å². The van der Waals surface area contributed by atoms with E-state index in [0.717, 1.165) is 22.5 Å². The highest BCUT2D eigenvalue weighted by molar-refractivity contribution is 8.93. The number of pyridine rings is 1. The molecule has 0 amide bonds. The molecular formula is C13H14BrNO. The molecule has 0 radical (unpaired) electrons. The average Bonchev–Trinajstić information content (AvgIpc) is 2.22. The van der Waals surface area contributed by atoms with Crippen LogP contribution in [0, 0.1) is 13.8 Å². The summed E-state index contributed by atoms with van der Waals surface area (Å²) in [6.07, 6.45) is 0. The van der Waals surface area contributed by atoms with Gasteiger partial charge in [-0.05, 0) is 49.7 Å². The number of hydrogen-bond acceptors (Lipinski definition) is 2. The van der Waals surface area contributed by atoms with E-state index in [1.165, 1.54) is 0 Å². The summed E-state index contributed by atoms with van der Waals surface area (Å²) in [5, 5.41) is 9.42. The minimum absolute atomic E-state index is 0. The Kier molecular flexibility index (Phi) is 4.07. The van der Waals surface area contributed by atoms with E-state index >= 15 is 0 Å². The van der Waals surface area contributed by atoms with Crippen LogP contribution >= 0.6 is 17.0 Å². The van der Waals surface area contributed by atoms with E-state index in [1.54, 1.807) is 6.07 Å². The Labute approximate surface area is 106 Å². The Morgan fingerprint density at radius 2 is 1.81 bits per heavy atom. The molecule has 3 heteroatoms. The van der Waals surface area contributed by atoms with Gasteiger partial charge < -0.3 is 5.11 Å². The van der Waals surface area contributed by atoms with Crippen molar-refractivity contribution in [2.45, 2.75) is 13.8 Å². The van der Waals surface area contributed by atoms with Crippen LogP contribution in [-0.2, 0) is 0 Å². The summed E-state index contributed by atoms with van der Waals surface area (Å²) in [7, 11) is 0. The van der Waals surface area contributed by atoms with Crippen molar-refractivity contribution >= 4 is 17.0 Å². The second kappa shape index (κ2) is 5.12. The largest absolute Gasteiger partial charge is 0.508 e. The molecule has 0 bridgehead atoms. The predicted molar refractivity (Wildman–Crippen MR) is 71.1 cm³/mol. The maximum absolute atomic E-state index is 9.42. The summed E-state index contributed by atoms with van der Waals surface area (Å²) in [6.45, 7) is 3.85. The monoisotopic (exact) mass is 279 g/mol. The molecule has 0 saturated carbocycles. The Balaban J connectivity index is 0.00000128. The van der Waals surface area contributed by atoms with Crippen molar-refractivity contribution < 1.29 is 5.11 Å². The highest BCUT2D eigenvalue weighted by Gasteiger charge is 2.01. The quantitative estimate of drug-likeness (QED) is 0.865. The molecule has 1 N–H and O–H groups in total. The molecule has 0 aliphatic rings. The predicted octanol–water partition coefficient (Wildman–Crippen LogP) is 3.65. The Bertz CT molecular complexity index is 497. The van der Waals surface area contributed by atoms with Crippen molar-refractivity contribution in [3.8, 4) is 17.0 Å². The first kappa shape index (κ1) is 12.7. The van der Waals surface area contributed by atoms with Crippen LogP contribution in [0.1, 0.15) is 11.3 Å². The standard InChI is InChI=1S/C13H13NO.BrH/c1-9-8-11(6-7-13(9)15)12-5-3-4-10(2)14-12;/h3-8,15H,1-2H3;1H. The van der Waals surface area contributed by atoms with E-state index in [1.807, 2.05) is 44.2 Å². The molecule has 1 heterocycles. The lowest BCUT2D eigenvalue weighted by Gasteiger charge is -2.04. The van der Waals surface area contributed by atoms with E-state index in [-0.39, 0.29) is 17.0 Å². The number of aryl methyl sites for hydroxylation is 2. The van der Waals surface area contributed by atoms with Gasteiger partial charge in [0, 0.05) is 11.3 Å². The molecule has 2 nitrogen and oxygen atoms in total. The van der Waals surface area contributed by atoms with Crippen LogP contribution in [0.4, 0.5) is 0 Å². The maximum Gasteiger partial charge on any atom is 0.118 e. The summed E-state index contributed by atoms with van der Waals surface area (Å²) in [6, 6.07) is 11.4. The topological polar surface area (TPSA) is 33.1 Å². The highest BCUT2D eigenvalue weighted by atomic mass is 79.9. The third kappa shape index (κ3) is 2.61. The van der Waals surface area contributed by atoms with Gasteiger partial charge in [-0.25, -0.2) is 0 Å². The van der Waals surface area contributed by atoms with Gasteiger partial charge >= 0.3 is 0 Å². The zero-order valence-corrected chi connectivity index (χ0v) is 11.0. The van der Waals surface area contributed by atoms with E-state index in [4.69, 9.17) is 0 Å². The first-order valence-electron chi connectivity index (χ1n) is 4.90. The number of hydrogen-bond donors (Lipinski definition) is 1. The third-order valence-corrected chi connectivity index (χ3v) is 2.38. The number of nitrogens with zero attached hydrogens (tertiary/aromatic N) is 1. The second-order valence-electron chi connectivity index (χ2n) is 3.67. The lowest BCUT2D eigenvalue weighted by molar-refractivity contribution is 0.471. The summed E-state index contributed by atoms with van der Waals surface area (Å²) in [4.78, 5) is 4.43. The molecular weight excluding hydrogens is 266 g/mol. The van der Waals surface area contributed by atoms with Gasteiger partial charge in [-0.1, -0.05) is 6.07 Å². The fourth-order valence-electron chi connectivity index (χ4n) is 1.52. The van der Waals surface area contributed by atoms with Crippen molar-refractivity contribution in [2.24, 2.45) is 0 Å².